The number of fused-ring (bicyclic) bond motifs is 1. The molecule has 0 saturated heterocycles. The Labute approximate surface area is 146 Å². The van der Waals surface area contributed by atoms with E-state index in [1.807, 2.05) is 0 Å². The number of amides is 1. The van der Waals surface area contributed by atoms with Crippen LogP contribution in [0.3, 0.4) is 0 Å². The summed E-state index contributed by atoms with van der Waals surface area (Å²) in [4.78, 5) is 36.1. The summed E-state index contributed by atoms with van der Waals surface area (Å²) in [7, 11) is 2.94. The minimum atomic E-state index is -0.687. The van der Waals surface area contributed by atoms with Crippen LogP contribution in [0, 0.1) is 5.82 Å². The van der Waals surface area contributed by atoms with E-state index in [9.17, 15) is 18.8 Å². The number of halogens is 2. The van der Waals surface area contributed by atoms with Crippen molar-refractivity contribution in [2.75, 3.05) is 5.32 Å². The number of nitrogens with zero attached hydrogens (tertiary/aromatic N) is 2. The molecule has 8 heteroatoms. The van der Waals surface area contributed by atoms with Crippen molar-refractivity contribution < 1.29 is 9.18 Å². The summed E-state index contributed by atoms with van der Waals surface area (Å²) in [5, 5.41) is 2.83. The smallest absolute Gasteiger partial charge is 0.316 e. The molecule has 1 amide bonds. The zero-order valence-corrected chi connectivity index (χ0v) is 14.1. The molecule has 0 saturated carbocycles. The zero-order chi connectivity index (χ0) is 18.3. The van der Waals surface area contributed by atoms with Gasteiger partial charge in [-0.1, -0.05) is 11.6 Å². The van der Waals surface area contributed by atoms with E-state index in [0.717, 1.165) is 0 Å². The lowest BCUT2D eigenvalue weighted by Crippen LogP contribution is -2.39. The van der Waals surface area contributed by atoms with Gasteiger partial charge in [0.05, 0.1) is 21.7 Å². The first-order valence-corrected chi connectivity index (χ1v) is 7.63. The number of aromatic nitrogens is 2. The molecule has 3 aromatic rings. The lowest BCUT2D eigenvalue weighted by molar-refractivity contribution is 0.102. The van der Waals surface area contributed by atoms with Gasteiger partial charge in [0, 0.05) is 19.7 Å². The van der Waals surface area contributed by atoms with E-state index in [0.29, 0.717) is 11.0 Å². The lowest BCUT2D eigenvalue weighted by atomic mass is 10.2. The van der Waals surface area contributed by atoms with Crippen molar-refractivity contribution in [1.82, 2.24) is 9.13 Å². The van der Waals surface area contributed by atoms with Gasteiger partial charge in [-0.2, -0.15) is 0 Å². The molecule has 0 radical (unpaired) electrons. The van der Waals surface area contributed by atoms with Crippen LogP contribution in [0.25, 0.3) is 11.0 Å². The molecule has 128 valence electrons. The van der Waals surface area contributed by atoms with Crippen LogP contribution in [0.1, 0.15) is 10.4 Å². The van der Waals surface area contributed by atoms with Crippen LogP contribution < -0.4 is 16.4 Å². The number of carbonyl (C=O) groups excluding carboxylic acids is 1. The largest absolute Gasteiger partial charge is 0.321 e. The highest BCUT2D eigenvalue weighted by atomic mass is 35.5. The van der Waals surface area contributed by atoms with Crippen molar-refractivity contribution in [3.63, 3.8) is 0 Å². The second kappa shape index (κ2) is 6.18. The Morgan fingerprint density at radius 2 is 1.52 bits per heavy atom. The number of benzene rings is 2. The van der Waals surface area contributed by atoms with Crippen LogP contribution in [0.15, 0.2) is 46.0 Å². The highest BCUT2D eigenvalue weighted by Gasteiger charge is 2.14. The Kier molecular flexibility index (Phi) is 4.18. The minimum Gasteiger partial charge on any atom is -0.321 e. The van der Waals surface area contributed by atoms with E-state index in [4.69, 9.17) is 11.6 Å². The van der Waals surface area contributed by atoms with E-state index >= 15 is 0 Å². The normalized spacial score (nSPS) is 10.9. The Balaban J connectivity index is 2.10. The first-order chi connectivity index (χ1) is 11.8. The number of nitrogens with one attached hydrogen (secondary N) is 1. The quantitative estimate of drug-likeness (QED) is 0.712. The number of anilines is 1. The molecule has 0 aliphatic rings. The maximum absolute atomic E-state index is 13.0. The van der Waals surface area contributed by atoms with Crippen molar-refractivity contribution in [3.05, 3.63) is 73.5 Å². The SMILES string of the molecule is Cn1c(=O)c(=O)n(C)c2cc(NC(=O)c3ccc(F)cc3)c(Cl)cc21. The molecule has 25 heavy (non-hydrogen) atoms. The summed E-state index contributed by atoms with van der Waals surface area (Å²) in [5.74, 6) is -0.924. The number of aryl methyl sites for hydroxylation is 2. The predicted octanol–water partition coefficient (Wildman–Crippen LogP) is 2.28. The lowest BCUT2D eigenvalue weighted by Gasteiger charge is -2.13. The average molecular weight is 362 g/mol. The molecule has 1 N–H and O–H groups in total. The number of hydrogen-bond acceptors (Lipinski definition) is 3. The Bertz CT molecular complexity index is 1120. The molecular formula is C17H13ClFN3O3. The van der Waals surface area contributed by atoms with Gasteiger partial charge in [0.25, 0.3) is 5.91 Å². The van der Waals surface area contributed by atoms with E-state index in [1.165, 1.54) is 59.6 Å². The summed E-state index contributed by atoms with van der Waals surface area (Å²) in [6, 6.07) is 8.06. The van der Waals surface area contributed by atoms with Crippen LogP contribution >= 0.6 is 11.6 Å². The van der Waals surface area contributed by atoms with E-state index < -0.39 is 22.8 Å². The van der Waals surface area contributed by atoms with Gasteiger partial charge in [-0.05, 0) is 36.4 Å². The standard InChI is InChI=1S/C17H13ClFN3O3/c1-21-13-7-11(18)12(8-14(13)22(2)17(25)16(21)24)20-15(23)9-3-5-10(19)6-4-9/h3-8H,1-2H3,(H,20,23). The average Bonchev–Trinajstić information content (AvgIpc) is 2.60. The van der Waals surface area contributed by atoms with Gasteiger partial charge in [0.2, 0.25) is 0 Å². The van der Waals surface area contributed by atoms with E-state index in [1.54, 1.807) is 0 Å². The molecule has 2 aromatic carbocycles. The minimum absolute atomic E-state index is 0.205. The topological polar surface area (TPSA) is 73.1 Å². The Morgan fingerprint density at radius 3 is 2.08 bits per heavy atom. The molecule has 1 aromatic heterocycles. The predicted molar refractivity (Wildman–Crippen MR) is 93.8 cm³/mol. The van der Waals surface area contributed by atoms with Crippen molar-refractivity contribution >= 4 is 34.2 Å². The van der Waals surface area contributed by atoms with Gasteiger partial charge < -0.3 is 14.5 Å². The van der Waals surface area contributed by atoms with E-state index in [-0.39, 0.29) is 16.3 Å². The summed E-state index contributed by atoms with van der Waals surface area (Å²) in [6.45, 7) is 0. The number of carbonyl (C=O) groups is 1. The molecular weight excluding hydrogens is 349 g/mol. The van der Waals surface area contributed by atoms with Crippen LogP contribution in [-0.2, 0) is 14.1 Å². The van der Waals surface area contributed by atoms with Crippen LogP contribution in [-0.4, -0.2) is 15.0 Å². The maximum Gasteiger partial charge on any atom is 0.316 e. The molecule has 0 unspecified atom stereocenters. The van der Waals surface area contributed by atoms with Gasteiger partial charge >= 0.3 is 11.1 Å². The molecule has 0 fully saturated rings. The van der Waals surface area contributed by atoms with Crippen molar-refractivity contribution in [3.8, 4) is 0 Å². The molecule has 0 atom stereocenters. The maximum atomic E-state index is 13.0. The molecule has 3 rings (SSSR count). The molecule has 0 aliphatic carbocycles. The molecule has 6 nitrogen and oxygen atoms in total. The second-order valence-corrected chi connectivity index (χ2v) is 5.92. The Hall–Kier alpha value is -2.93. The molecule has 0 spiro atoms. The van der Waals surface area contributed by atoms with Crippen LogP contribution in [0.2, 0.25) is 5.02 Å². The first kappa shape index (κ1) is 16.9. The highest BCUT2D eigenvalue weighted by Crippen LogP contribution is 2.27. The summed E-state index contributed by atoms with van der Waals surface area (Å²) in [6.07, 6.45) is 0. The fourth-order valence-corrected chi connectivity index (χ4v) is 2.69. The van der Waals surface area contributed by atoms with Crippen molar-refractivity contribution in [2.45, 2.75) is 0 Å². The third-order valence-corrected chi connectivity index (χ3v) is 4.25. The fraction of sp³-hybridized carbons (Fsp3) is 0.118. The van der Waals surface area contributed by atoms with Gasteiger partial charge in [-0.25, -0.2) is 4.39 Å². The van der Waals surface area contributed by atoms with E-state index in [2.05, 4.69) is 5.32 Å². The summed E-state index contributed by atoms with van der Waals surface area (Å²) in [5.41, 5.74) is 0.0640. The van der Waals surface area contributed by atoms with Crippen LogP contribution in [0.5, 0.6) is 0 Å². The van der Waals surface area contributed by atoms with Gasteiger partial charge in [0.15, 0.2) is 0 Å². The zero-order valence-electron chi connectivity index (χ0n) is 13.3. The second-order valence-electron chi connectivity index (χ2n) is 5.51. The van der Waals surface area contributed by atoms with Gasteiger partial charge in [0.1, 0.15) is 5.82 Å². The highest BCUT2D eigenvalue weighted by molar-refractivity contribution is 6.34. The molecule has 1 heterocycles. The number of rotatable bonds is 2. The monoisotopic (exact) mass is 361 g/mol. The first-order valence-electron chi connectivity index (χ1n) is 7.26. The van der Waals surface area contributed by atoms with Crippen molar-refractivity contribution in [2.24, 2.45) is 14.1 Å². The van der Waals surface area contributed by atoms with Crippen LogP contribution in [0.4, 0.5) is 10.1 Å². The summed E-state index contributed by atoms with van der Waals surface area (Å²) >= 11 is 6.20. The van der Waals surface area contributed by atoms with Gasteiger partial charge in [-0.15, -0.1) is 0 Å². The van der Waals surface area contributed by atoms with Gasteiger partial charge in [-0.3, -0.25) is 14.4 Å². The third-order valence-electron chi connectivity index (χ3n) is 3.93. The molecule has 0 bridgehead atoms. The molecule has 0 aliphatic heterocycles. The summed E-state index contributed by atoms with van der Waals surface area (Å²) < 4.78 is 15.4. The Morgan fingerprint density at radius 1 is 1.00 bits per heavy atom. The van der Waals surface area contributed by atoms with Crippen molar-refractivity contribution in [1.29, 1.82) is 0 Å². The number of hydrogen-bond donors (Lipinski definition) is 1. The fourth-order valence-electron chi connectivity index (χ4n) is 2.49. The third kappa shape index (κ3) is 2.94.